The zero-order valence-corrected chi connectivity index (χ0v) is 16.9. The van der Waals surface area contributed by atoms with E-state index in [0.717, 1.165) is 39.3 Å². The van der Waals surface area contributed by atoms with Crippen LogP contribution in [0.15, 0.2) is 91.0 Å². The van der Waals surface area contributed by atoms with Crippen molar-refractivity contribution in [1.82, 2.24) is 9.97 Å². The van der Waals surface area contributed by atoms with Gasteiger partial charge in [-0.1, -0.05) is 89.9 Å². The summed E-state index contributed by atoms with van der Waals surface area (Å²) in [6.45, 7) is 0. The average molecular weight is 415 g/mol. The molecule has 4 aromatic carbocycles. The summed E-state index contributed by atoms with van der Waals surface area (Å²) in [5.74, 6) is 0.812. The molecule has 5 aromatic rings. The minimum absolute atomic E-state index is 0.675. The van der Waals surface area contributed by atoms with Crippen LogP contribution < -0.4 is 0 Å². The Kier molecular flexibility index (Phi) is 4.59. The van der Waals surface area contributed by atoms with Gasteiger partial charge in [0.05, 0.1) is 11.4 Å². The summed E-state index contributed by atoms with van der Waals surface area (Å²) in [6, 6.07) is 30.1. The molecule has 1 heterocycles. The molecule has 2 nitrogen and oxygen atoms in total. The molecule has 1 aromatic heterocycles. The lowest BCUT2D eigenvalue weighted by atomic mass is 10.0. The number of nitrogens with one attached hydrogen (secondary N) is 1. The maximum atomic E-state index is 6.26. The van der Waals surface area contributed by atoms with Crippen LogP contribution in [0.5, 0.6) is 0 Å². The SMILES string of the molecule is Clc1cccc(-c2nc(-c3cccc4ccccc34)[nH]c2-c2cccc(Cl)c2)c1. The Morgan fingerprint density at radius 2 is 1.31 bits per heavy atom. The molecule has 1 N–H and O–H groups in total. The topological polar surface area (TPSA) is 28.7 Å². The van der Waals surface area contributed by atoms with Gasteiger partial charge < -0.3 is 4.98 Å². The van der Waals surface area contributed by atoms with Crippen molar-refractivity contribution >= 4 is 34.0 Å². The maximum Gasteiger partial charge on any atom is 0.139 e. The van der Waals surface area contributed by atoms with Gasteiger partial charge in [-0.2, -0.15) is 0 Å². The van der Waals surface area contributed by atoms with Crippen molar-refractivity contribution in [1.29, 1.82) is 0 Å². The fraction of sp³-hybridized carbons (Fsp3) is 0. The van der Waals surface area contributed by atoms with Crippen LogP contribution in [0.25, 0.3) is 44.7 Å². The first-order chi connectivity index (χ1) is 14.2. The van der Waals surface area contributed by atoms with Crippen molar-refractivity contribution in [2.45, 2.75) is 0 Å². The van der Waals surface area contributed by atoms with Crippen LogP contribution in [0.1, 0.15) is 0 Å². The van der Waals surface area contributed by atoms with Crippen LogP contribution in [0.4, 0.5) is 0 Å². The molecule has 0 saturated heterocycles. The number of hydrogen-bond acceptors (Lipinski definition) is 1. The minimum Gasteiger partial charge on any atom is -0.337 e. The Hall–Kier alpha value is -3.07. The van der Waals surface area contributed by atoms with Crippen LogP contribution in [-0.4, -0.2) is 9.97 Å². The molecule has 0 aliphatic carbocycles. The van der Waals surface area contributed by atoms with Crippen molar-refractivity contribution < 1.29 is 0 Å². The van der Waals surface area contributed by atoms with E-state index in [1.54, 1.807) is 0 Å². The van der Waals surface area contributed by atoms with Crippen LogP contribution in [-0.2, 0) is 0 Å². The summed E-state index contributed by atoms with van der Waals surface area (Å²) in [5.41, 5.74) is 4.75. The summed E-state index contributed by atoms with van der Waals surface area (Å²) in [6.07, 6.45) is 0. The predicted octanol–water partition coefficient (Wildman–Crippen LogP) is 7.87. The van der Waals surface area contributed by atoms with Gasteiger partial charge in [-0.05, 0) is 35.0 Å². The van der Waals surface area contributed by atoms with E-state index in [9.17, 15) is 0 Å². The van der Waals surface area contributed by atoms with Crippen molar-refractivity contribution in [3.8, 4) is 33.9 Å². The van der Waals surface area contributed by atoms with Gasteiger partial charge in [-0.15, -0.1) is 0 Å². The quantitative estimate of drug-likeness (QED) is 0.319. The lowest BCUT2D eigenvalue weighted by molar-refractivity contribution is 1.32. The summed E-state index contributed by atoms with van der Waals surface area (Å²) < 4.78 is 0. The van der Waals surface area contributed by atoms with Crippen molar-refractivity contribution in [2.24, 2.45) is 0 Å². The van der Waals surface area contributed by atoms with E-state index < -0.39 is 0 Å². The van der Waals surface area contributed by atoms with Gasteiger partial charge in [0.15, 0.2) is 0 Å². The van der Waals surface area contributed by atoms with E-state index >= 15 is 0 Å². The molecule has 0 aliphatic rings. The fourth-order valence-corrected chi connectivity index (χ4v) is 4.01. The minimum atomic E-state index is 0.675. The van der Waals surface area contributed by atoms with E-state index in [1.807, 2.05) is 60.7 Å². The van der Waals surface area contributed by atoms with Gasteiger partial charge in [0.1, 0.15) is 5.82 Å². The van der Waals surface area contributed by atoms with Crippen molar-refractivity contribution in [3.63, 3.8) is 0 Å². The molecule has 4 heteroatoms. The van der Waals surface area contributed by atoms with Crippen molar-refractivity contribution in [3.05, 3.63) is 101 Å². The monoisotopic (exact) mass is 414 g/mol. The molecule has 0 spiro atoms. The predicted molar refractivity (Wildman–Crippen MR) is 122 cm³/mol. The highest BCUT2D eigenvalue weighted by atomic mass is 35.5. The molecular formula is C25H16Cl2N2. The highest BCUT2D eigenvalue weighted by molar-refractivity contribution is 6.31. The normalized spacial score (nSPS) is 11.1. The molecular weight excluding hydrogens is 399 g/mol. The van der Waals surface area contributed by atoms with Gasteiger partial charge in [0.2, 0.25) is 0 Å². The standard InChI is InChI=1S/C25H16Cl2N2/c26-19-10-3-8-17(14-19)23-24(18-9-4-11-20(27)15-18)29-25(28-23)22-13-5-7-16-6-1-2-12-21(16)22/h1-15H,(H,28,29). The third kappa shape index (κ3) is 3.42. The summed E-state index contributed by atoms with van der Waals surface area (Å²) in [7, 11) is 0. The van der Waals surface area contributed by atoms with Crippen molar-refractivity contribution in [2.75, 3.05) is 0 Å². The molecule has 0 aliphatic heterocycles. The Balaban J connectivity index is 1.77. The largest absolute Gasteiger partial charge is 0.337 e. The van der Waals surface area contributed by atoms with Gasteiger partial charge in [-0.25, -0.2) is 4.98 Å². The van der Waals surface area contributed by atoms with Gasteiger partial charge in [0, 0.05) is 26.7 Å². The van der Waals surface area contributed by atoms with Crippen LogP contribution in [0, 0.1) is 0 Å². The third-order valence-electron chi connectivity index (χ3n) is 4.96. The van der Waals surface area contributed by atoms with Crippen LogP contribution in [0.3, 0.4) is 0 Å². The molecule has 140 valence electrons. The second kappa shape index (κ2) is 7.40. The van der Waals surface area contributed by atoms with E-state index in [2.05, 4.69) is 35.3 Å². The third-order valence-corrected chi connectivity index (χ3v) is 5.43. The summed E-state index contributed by atoms with van der Waals surface area (Å²) in [4.78, 5) is 8.53. The Morgan fingerprint density at radius 3 is 2.10 bits per heavy atom. The van der Waals surface area contributed by atoms with E-state index in [-0.39, 0.29) is 0 Å². The number of nitrogens with zero attached hydrogens (tertiary/aromatic N) is 1. The zero-order valence-electron chi connectivity index (χ0n) is 15.4. The number of H-pyrrole nitrogens is 1. The first-order valence-corrected chi connectivity index (χ1v) is 10.0. The molecule has 29 heavy (non-hydrogen) atoms. The van der Waals surface area contributed by atoms with E-state index in [0.29, 0.717) is 10.0 Å². The smallest absolute Gasteiger partial charge is 0.139 e. The van der Waals surface area contributed by atoms with Gasteiger partial charge in [-0.3, -0.25) is 0 Å². The lowest BCUT2D eigenvalue weighted by Gasteiger charge is -2.04. The van der Waals surface area contributed by atoms with E-state index in [4.69, 9.17) is 28.2 Å². The second-order valence-electron chi connectivity index (χ2n) is 6.86. The number of fused-ring (bicyclic) bond motifs is 1. The second-order valence-corrected chi connectivity index (χ2v) is 7.73. The zero-order chi connectivity index (χ0) is 19.8. The lowest BCUT2D eigenvalue weighted by Crippen LogP contribution is -1.84. The maximum absolute atomic E-state index is 6.26. The first-order valence-electron chi connectivity index (χ1n) is 9.29. The average Bonchev–Trinajstić information content (AvgIpc) is 3.19. The number of hydrogen-bond donors (Lipinski definition) is 1. The summed E-state index contributed by atoms with van der Waals surface area (Å²) in [5, 5.41) is 3.68. The highest BCUT2D eigenvalue weighted by Gasteiger charge is 2.17. The Labute approximate surface area is 178 Å². The first kappa shape index (κ1) is 18.0. The molecule has 0 unspecified atom stereocenters. The van der Waals surface area contributed by atoms with E-state index in [1.165, 1.54) is 5.39 Å². The molecule has 0 atom stereocenters. The number of rotatable bonds is 3. The van der Waals surface area contributed by atoms with Crippen LogP contribution in [0.2, 0.25) is 10.0 Å². The van der Waals surface area contributed by atoms with Crippen LogP contribution >= 0.6 is 23.2 Å². The molecule has 0 fully saturated rings. The number of benzene rings is 4. The Bertz CT molecular complexity index is 1270. The number of halogens is 2. The van der Waals surface area contributed by atoms with Gasteiger partial charge in [0.25, 0.3) is 0 Å². The molecule has 5 rings (SSSR count). The molecule has 0 bridgehead atoms. The van der Waals surface area contributed by atoms with Gasteiger partial charge >= 0.3 is 0 Å². The number of aromatic nitrogens is 2. The number of aromatic amines is 1. The highest BCUT2D eigenvalue weighted by Crippen LogP contribution is 2.36. The summed E-state index contributed by atoms with van der Waals surface area (Å²) >= 11 is 12.5. The Morgan fingerprint density at radius 1 is 0.655 bits per heavy atom. The molecule has 0 saturated carbocycles. The molecule has 0 amide bonds. The molecule has 0 radical (unpaired) electrons. The fourth-order valence-electron chi connectivity index (χ4n) is 3.63. The number of imidazole rings is 1.